The Hall–Kier alpha value is -6.92. The average Bonchev–Trinajstić information content (AvgIpc) is 3.69. The number of anilines is 3. The van der Waals surface area contributed by atoms with Crippen molar-refractivity contribution >= 4 is 38.9 Å². The van der Waals surface area contributed by atoms with Crippen LogP contribution in [-0.4, -0.2) is 20.2 Å². The molecule has 9 rings (SSSR count). The van der Waals surface area contributed by atoms with Gasteiger partial charge in [0.25, 0.3) is 0 Å². The largest absolute Gasteiger partial charge is 0.416 e. The predicted octanol–water partition coefficient (Wildman–Crippen LogP) is 11.3. The normalized spacial score (nSPS) is 11.2. The second-order valence-electron chi connectivity index (χ2n) is 12.0. The lowest BCUT2D eigenvalue weighted by Gasteiger charge is -2.25. The molecule has 0 spiro atoms. The van der Waals surface area contributed by atoms with Gasteiger partial charge in [-0.2, -0.15) is 0 Å². The van der Waals surface area contributed by atoms with Gasteiger partial charge in [0.05, 0.1) is 22.4 Å². The minimum absolute atomic E-state index is 0.476. The molecule has 0 atom stereocenters. The van der Waals surface area contributed by atoms with Crippen LogP contribution >= 0.6 is 0 Å². The molecule has 0 aliphatic heterocycles. The summed E-state index contributed by atoms with van der Waals surface area (Å²) in [6, 6.07) is 59.7. The lowest BCUT2D eigenvalue weighted by molar-refractivity contribution is 0.584. The summed E-state index contributed by atoms with van der Waals surface area (Å²) in [6.45, 7) is 0. The molecule has 50 heavy (non-hydrogen) atoms. The second-order valence-corrected chi connectivity index (χ2v) is 12.0. The first-order valence-corrected chi connectivity index (χ1v) is 16.5. The van der Waals surface area contributed by atoms with Crippen LogP contribution in [0.2, 0.25) is 0 Å². The molecular formula is C44H29N5O. The molecule has 7 aromatic carbocycles. The molecule has 0 bridgehead atoms. The highest BCUT2D eigenvalue weighted by molar-refractivity contribution is 6.00. The Kier molecular flexibility index (Phi) is 7.37. The van der Waals surface area contributed by atoms with E-state index >= 15 is 0 Å². The summed E-state index contributed by atoms with van der Waals surface area (Å²) in [6.07, 6.45) is 0. The van der Waals surface area contributed by atoms with Crippen molar-refractivity contribution < 1.29 is 4.42 Å². The van der Waals surface area contributed by atoms with Crippen LogP contribution in [0.3, 0.4) is 0 Å². The summed E-state index contributed by atoms with van der Waals surface area (Å²) in [5.41, 5.74) is 10.3. The van der Waals surface area contributed by atoms with E-state index in [9.17, 15) is 0 Å². The first kappa shape index (κ1) is 29.2. The van der Waals surface area contributed by atoms with Gasteiger partial charge >= 0.3 is 0 Å². The predicted molar refractivity (Wildman–Crippen MR) is 201 cm³/mol. The first-order chi connectivity index (χ1) is 24.8. The summed E-state index contributed by atoms with van der Waals surface area (Å²) in [5.74, 6) is 0.972. The highest BCUT2D eigenvalue weighted by atomic mass is 16.4. The van der Waals surface area contributed by atoms with Gasteiger partial charge in [-0.3, -0.25) is 0 Å². The van der Waals surface area contributed by atoms with Crippen LogP contribution in [0, 0.1) is 0 Å². The SMILES string of the molecule is c1ccc(-c2nnc(-c3ccc(N(c4ccccc4)c4ccc(-c5nc6ccccc6nc5-c5cccc6ccccc56)cc4)cc3)o2)cc1. The average molecular weight is 644 g/mol. The van der Waals surface area contributed by atoms with Gasteiger partial charge in [-0.25, -0.2) is 9.97 Å². The molecule has 236 valence electrons. The minimum Gasteiger partial charge on any atom is -0.416 e. The maximum Gasteiger partial charge on any atom is 0.248 e. The molecule has 0 unspecified atom stereocenters. The standard InChI is InChI=1S/C44H29N5O/c1-3-13-32(14-4-1)43-47-48-44(50-43)33-24-28-36(29-25-33)49(34-16-5-2-6-17-34)35-26-22-31(23-27-35)41-42(46-40-21-10-9-20-39(40)45-41)38-19-11-15-30-12-7-8-18-37(30)38/h1-29H. The molecule has 0 saturated heterocycles. The number of benzene rings is 7. The summed E-state index contributed by atoms with van der Waals surface area (Å²) in [7, 11) is 0. The molecule has 0 aliphatic rings. The summed E-state index contributed by atoms with van der Waals surface area (Å²) in [4.78, 5) is 12.6. The van der Waals surface area contributed by atoms with Crippen molar-refractivity contribution in [3.63, 3.8) is 0 Å². The van der Waals surface area contributed by atoms with Crippen molar-refractivity contribution in [3.05, 3.63) is 176 Å². The number of rotatable bonds is 7. The van der Waals surface area contributed by atoms with Gasteiger partial charge in [-0.15, -0.1) is 10.2 Å². The Morgan fingerprint density at radius 1 is 0.380 bits per heavy atom. The summed E-state index contributed by atoms with van der Waals surface area (Å²) < 4.78 is 6.03. The Labute approximate surface area is 289 Å². The van der Waals surface area contributed by atoms with E-state index in [1.54, 1.807) is 0 Å². The minimum atomic E-state index is 0.476. The highest BCUT2D eigenvalue weighted by Gasteiger charge is 2.18. The quantitative estimate of drug-likeness (QED) is 0.172. The van der Waals surface area contributed by atoms with Crippen molar-refractivity contribution in [1.29, 1.82) is 0 Å². The van der Waals surface area contributed by atoms with Gasteiger partial charge in [0.2, 0.25) is 11.8 Å². The van der Waals surface area contributed by atoms with Gasteiger partial charge < -0.3 is 9.32 Å². The van der Waals surface area contributed by atoms with Crippen molar-refractivity contribution in [2.24, 2.45) is 0 Å². The molecule has 0 N–H and O–H groups in total. The smallest absolute Gasteiger partial charge is 0.248 e. The maximum atomic E-state index is 6.03. The van der Waals surface area contributed by atoms with Crippen molar-refractivity contribution in [3.8, 4) is 45.4 Å². The molecule has 2 heterocycles. The fourth-order valence-corrected chi connectivity index (χ4v) is 6.40. The Morgan fingerprint density at radius 3 is 1.56 bits per heavy atom. The summed E-state index contributed by atoms with van der Waals surface area (Å²) >= 11 is 0. The van der Waals surface area contributed by atoms with Crippen molar-refractivity contribution in [2.45, 2.75) is 0 Å². The molecule has 2 aromatic heterocycles. The molecule has 0 fully saturated rings. The van der Waals surface area contributed by atoms with E-state index in [4.69, 9.17) is 14.4 Å². The van der Waals surface area contributed by atoms with E-state index in [-0.39, 0.29) is 0 Å². The van der Waals surface area contributed by atoms with E-state index in [2.05, 4.69) is 118 Å². The number of hydrogen-bond acceptors (Lipinski definition) is 6. The zero-order valence-corrected chi connectivity index (χ0v) is 26.9. The Bertz CT molecular complexity index is 2580. The van der Waals surface area contributed by atoms with Gasteiger partial charge in [-0.05, 0) is 83.6 Å². The van der Waals surface area contributed by atoms with Crippen LogP contribution in [-0.2, 0) is 0 Å². The lowest BCUT2D eigenvalue weighted by Crippen LogP contribution is -2.09. The molecular weight excluding hydrogens is 615 g/mol. The lowest BCUT2D eigenvalue weighted by atomic mass is 9.98. The van der Waals surface area contributed by atoms with Crippen LogP contribution in [0.5, 0.6) is 0 Å². The number of hydrogen-bond donors (Lipinski definition) is 0. The Morgan fingerprint density at radius 2 is 0.880 bits per heavy atom. The zero-order chi connectivity index (χ0) is 33.3. The third kappa shape index (κ3) is 5.45. The van der Waals surface area contributed by atoms with Gasteiger partial charge in [0, 0.05) is 39.3 Å². The topological polar surface area (TPSA) is 67.9 Å². The molecule has 0 aliphatic carbocycles. The molecule has 0 radical (unpaired) electrons. The van der Waals surface area contributed by atoms with E-state index in [0.717, 1.165) is 67.1 Å². The molecule has 6 heteroatoms. The number of para-hydroxylation sites is 3. The monoisotopic (exact) mass is 643 g/mol. The first-order valence-electron chi connectivity index (χ1n) is 16.5. The number of fused-ring (bicyclic) bond motifs is 2. The summed E-state index contributed by atoms with van der Waals surface area (Å²) in [5, 5.41) is 10.9. The molecule has 0 amide bonds. The van der Waals surface area contributed by atoms with Gasteiger partial charge in [0.15, 0.2) is 0 Å². The van der Waals surface area contributed by atoms with Crippen LogP contribution in [0.4, 0.5) is 17.1 Å². The highest BCUT2D eigenvalue weighted by Crippen LogP contribution is 2.39. The van der Waals surface area contributed by atoms with Gasteiger partial charge in [0.1, 0.15) is 0 Å². The van der Waals surface area contributed by atoms with E-state index in [0.29, 0.717) is 11.8 Å². The van der Waals surface area contributed by atoms with E-state index in [1.807, 2.05) is 72.8 Å². The fraction of sp³-hybridized carbons (Fsp3) is 0. The third-order valence-electron chi connectivity index (χ3n) is 8.85. The number of nitrogens with zero attached hydrogens (tertiary/aromatic N) is 5. The van der Waals surface area contributed by atoms with Crippen molar-refractivity contribution in [1.82, 2.24) is 20.2 Å². The number of aromatic nitrogens is 4. The molecule has 0 saturated carbocycles. The van der Waals surface area contributed by atoms with Crippen LogP contribution in [0.25, 0.3) is 67.2 Å². The maximum absolute atomic E-state index is 6.03. The van der Waals surface area contributed by atoms with Gasteiger partial charge in [-0.1, -0.05) is 103 Å². The zero-order valence-electron chi connectivity index (χ0n) is 26.9. The Balaban J connectivity index is 1.10. The van der Waals surface area contributed by atoms with Crippen LogP contribution in [0.15, 0.2) is 180 Å². The third-order valence-corrected chi connectivity index (χ3v) is 8.85. The van der Waals surface area contributed by atoms with E-state index in [1.165, 1.54) is 5.39 Å². The molecule has 6 nitrogen and oxygen atoms in total. The van der Waals surface area contributed by atoms with Crippen LogP contribution < -0.4 is 4.90 Å². The molecule has 9 aromatic rings. The van der Waals surface area contributed by atoms with Crippen LogP contribution in [0.1, 0.15) is 0 Å². The fourth-order valence-electron chi connectivity index (χ4n) is 6.40. The second kappa shape index (κ2) is 12.6. The van der Waals surface area contributed by atoms with Crippen molar-refractivity contribution in [2.75, 3.05) is 4.90 Å². The van der Waals surface area contributed by atoms with E-state index < -0.39 is 0 Å².